The van der Waals surface area contributed by atoms with Gasteiger partial charge in [0.15, 0.2) is 17.2 Å². The normalized spacial score (nSPS) is 12.5. The first-order valence-electron chi connectivity index (χ1n) is 9.33. The van der Waals surface area contributed by atoms with Gasteiger partial charge in [-0.15, -0.1) is 5.10 Å². The zero-order valence-electron chi connectivity index (χ0n) is 17.1. The lowest BCUT2D eigenvalue weighted by Crippen LogP contribution is -2.23. The summed E-state index contributed by atoms with van der Waals surface area (Å²) in [5, 5.41) is 8.59. The van der Waals surface area contributed by atoms with Crippen molar-refractivity contribution in [2.24, 2.45) is 0 Å². The van der Waals surface area contributed by atoms with Crippen molar-refractivity contribution in [2.45, 2.75) is 39.2 Å². The Labute approximate surface area is 182 Å². The van der Waals surface area contributed by atoms with Crippen LogP contribution in [0.25, 0.3) is 22.4 Å². The summed E-state index contributed by atoms with van der Waals surface area (Å²) in [6.07, 6.45) is 2.58. The maximum absolute atomic E-state index is 12.4. The van der Waals surface area contributed by atoms with E-state index in [1.54, 1.807) is 16.4 Å². The van der Waals surface area contributed by atoms with Crippen LogP contribution in [0.15, 0.2) is 22.7 Å². The minimum absolute atomic E-state index is 0.355. The standard InChI is InChI=1S/C20H24BrN5O2S/c1-11(2)13-6-7-14(15(21)10-13)17-18-19(23-12(3)22-17)26(25-24-18)16(8-9-29-5)20(27)28-4/h6-7,10-11,16H,8-9H2,1-5H3/t16-/m0/s1. The van der Waals surface area contributed by atoms with E-state index in [0.717, 1.165) is 15.8 Å². The van der Waals surface area contributed by atoms with E-state index in [1.807, 2.05) is 19.2 Å². The maximum atomic E-state index is 12.4. The highest BCUT2D eigenvalue weighted by molar-refractivity contribution is 9.10. The van der Waals surface area contributed by atoms with E-state index >= 15 is 0 Å². The number of fused-ring (bicyclic) bond motifs is 1. The molecule has 3 rings (SSSR count). The summed E-state index contributed by atoms with van der Waals surface area (Å²) in [7, 11) is 1.38. The fourth-order valence-corrected chi connectivity index (χ4v) is 4.17. The molecule has 2 aromatic heterocycles. The molecule has 0 aliphatic rings. The molecule has 0 radical (unpaired) electrons. The van der Waals surface area contributed by atoms with E-state index in [4.69, 9.17) is 4.74 Å². The van der Waals surface area contributed by atoms with Crippen molar-refractivity contribution < 1.29 is 9.53 Å². The predicted molar refractivity (Wildman–Crippen MR) is 119 cm³/mol. The molecule has 0 saturated heterocycles. The quantitative estimate of drug-likeness (QED) is 0.461. The van der Waals surface area contributed by atoms with Crippen LogP contribution in [0.1, 0.15) is 43.6 Å². The summed E-state index contributed by atoms with van der Waals surface area (Å²) in [4.78, 5) is 21.6. The van der Waals surface area contributed by atoms with Gasteiger partial charge in [-0.2, -0.15) is 11.8 Å². The second kappa shape index (κ2) is 9.21. The Balaban J connectivity index is 2.16. The van der Waals surface area contributed by atoms with Crippen LogP contribution in [0.4, 0.5) is 0 Å². The number of rotatable bonds is 7. The van der Waals surface area contributed by atoms with Crippen LogP contribution < -0.4 is 0 Å². The number of carbonyl (C=O) groups excluding carboxylic acids is 1. The molecule has 0 unspecified atom stereocenters. The zero-order chi connectivity index (χ0) is 21.1. The Kier molecular flexibility index (Phi) is 6.89. The predicted octanol–water partition coefficient (Wildman–Crippen LogP) is 4.55. The lowest BCUT2D eigenvalue weighted by atomic mass is 10.0. The highest BCUT2D eigenvalue weighted by atomic mass is 79.9. The molecule has 0 spiro atoms. The number of aryl methyl sites for hydroxylation is 1. The highest BCUT2D eigenvalue weighted by Crippen LogP contribution is 2.34. The number of halogens is 1. The van der Waals surface area contributed by atoms with Gasteiger partial charge in [0.2, 0.25) is 0 Å². The molecule has 0 fully saturated rings. The lowest BCUT2D eigenvalue weighted by molar-refractivity contribution is -0.144. The maximum Gasteiger partial charge on any atom is 0.330 e. The third-order valence-corrected chi connectivity index (χ3v) is 6.01. The third-order valence-electron chi connectivity index (χ3n) is 4.71. The van der Waals surface area contributed by atoms with E-state index in [2.05, 4.69) is 62.2 Å². The molecule has 0 N–H and O–H groups in total. The van der Waals surface area contributed by atoms with Crippen molar-refractivity contribution in [1.82, 2.24) is 25.0 Å². The molecule has 29 heavy (non-hydrogen) atoms. The van der Waals surface area contributed by atoms with Crippen molar-refractivity contribution in [3.8, 4) is 11.3 Å². The number of nitrogens with zero attached hydrogens (tertiary/aromatic N) is 5. The molecule has 1 atom stereocenters. The van der Waals surface area contributed by atoms with Gasteiger partial charge >= 0.3 is 5.97 Å². The van der Waals surface area contributed by atoms with Crippen LogP contribution in [0, 0.1) is 6.92 Å². The Morgan fingerprint density at radius 3 is 2.69 bits per heavy atom. The Bertz CT molecular complexity index is 1040. The highest BCUT2D eigenvalue weighted by Gasteiger charge is 2.27. The van der Waals surface area contributed by atoms with Gasteiger partial charge in [-0.25, -0.2) is 19.4 Å². The van der Waals surface area contributed by atoms with Crippen molar-refractivity contribution in [1.29, 1.82) is 0 Å². The number of esters is 1. The smallest absolute Gasteiger partial charge is 0.330 e. The van der Waals surface area contributed by atoms with Gasteiger partial charge < -0.3 is 4.74 Å². The fourth-order valence-electron chi connectivity index (χ4n) is 3.12. The first-order valence-corrected chi connectivity index (χ1v) is 11.5. The number of aromatic nitrogens is 5. The van der Waals surface area contributed by atoms with Gasteiger partial charge in [0.1, 0.15) is 11.5 Å². The van der Waals surface area contributed by atoms with E-state index < -0.39 is 6.04 Å². The first-order chi connectivity index (χ1) is 13.9. The number of methoxy groups -OCH3 is 1. The molecule has 0 bridgehead atoms. The molecular weight excluding hydrogens is 454 g/mol. The van der Waals surface area contributed by atoms with E-state index in [-0.39, 0.29) is 5.97 Å². The lowest BCUT2D eigenvalue weighted by Gasteiger charge is -2.15. The summed E-state index contributed by atoms with van der Waals surface area (Å²) in [6, 6.07) is 5.65. The number of thioether (sulfide) groups is 1. The molecule has 9 heteroatoms. The summed E-state index contributed by atoms with van der Waals surface area (Å²) in [5.41, 5.74) is 3.93. The number of ether oxygens (including phenoxy) is 1. The number of benzene rings is 1. The SMILES string of the molecule is COC(=O)[C@H](CCSC)n1nnc2c(-c3ccc(C(C)C)cc3Br)nc(C)nc21. The number of carbonyl (C=O) groups is 1. The van der Waals surface area contributed by atoms with Crippen LogP contribution in [-0.4, -0.2) is 50.0 Å². The summed E-state index contributed by atoms with van der Waals surface area (Å²) in [6.45, 7) is 6.13. The minimum Gasteiger partial charge on any atom is -0.467 e. The molecule has 154 valence electrons. The van der Waals surface area contributed by atoms with Crippen LogP contribution in [0.5, 0.6) is 0 Å². The van der Waals surface area contributed by atoms with Gasteiger partial charge in [-0.3, -0.25) is 0 Å². The fraction of sp³-hybridized carbons (Fsp3) is 0.450. The summed E-state index contributed by atoms with van der Waals surface area (Å²) < 4.78 is 7.49. The van der Waals surface area contributed by atoms with Gasteiger partial charge in [0.25, 0.3) is 0 Å². The topological polar surface area (TPSA) is 82.8 Å². The Morgan fingerprint density at radius 1 is 1.31 bits per heavy atom. The minimum atomic E-state index is -0.577. The Hall–Kier alpha value is -2.00. The largest absolute Gasteiger partial charge is 0.467 e. The molecule has 3 aromatic rings. The van der Waals surface area contributed by atoms with Crippen molar-refractivity contribution in [2.75, 3.05) is 19.1 Å². The van der Waals surface area contributed by atoms with Gasteiger partial charge in [0.05, 0.1) is 7.11 Å². The van der Waals surface area contributed by atoms with E-state index in [9.17, 15) is 4.79 Å². The molecule has 0 saturated carbocycles. The van der Waals surface area contributed by atoms with Gasteiger partial charge in [0, 0.05) is 10.0 Å². The van der Waals surface area contributed by atoms with Crippen molar-refractivity contribution >= 4 is 44.8 Å². The second-order valence-electron chi connectivity index (χ2n) is 7.04. The van der Waals surface area contributed by atoms with E-state index in [0.29, 0.717) is 35.0 Å². The third kappa shape index (κ3) is 4.45. The van der Waals surface area contributed by atoms with Crippen LogP contribution in [0.3, 0.4) is 0 Å². The first kappa shape index (κ1) is 21.7. The van der Waals surface area contributed by atoms with Gasteiger partial charge in [-0.1, -0.05) is 47.1 Å². The molecule has 0 aliphatic carbocycles. The average molecular weight is 478 g/mol. The van der Waals surface area contributed by atoms with Gasteiger partial charge in [-0.05, 0) is 42.9 Å². The molecule has 0 amide bonds. The number of hydrogen-bond donors (Lipinski definition) is 0. The molecule has 1 aromatic carbocycles. The zero-order valence-corrected chi connectivity index (χ0v) is 19.5. The molecule has 0 aliphatic heterocycles. The van der Waals surface area contributed by atoms with Crippen molar-refractivity contribution in [3.05, 3.63) is 34.1 Å². The number of hydrogen-bond acceptors (Lipinski definition) is 7. The van der Waals surface area contributed by atoms with Crippen LogP contribution in [0.2, 0.25) is 0 Å². The monoisotopic (exact) mass is 477 g/mol. The molecule has 7 nitrogen and oxygen atoms in total. The van der Waals surface area contributed by atoms with E-state index in [1.165, 1.54) is 12.7 Å². The molecule has 2 heterocycles. The summed E-state index contributed by atoms with van der Waals surface area (Å²) in [5.74, 6) is 1.45. The average Bonchev–Trinajstić information content (AvgIpc) is 3.11. The Morgan fingerprint density at radius 2 is 2.07 bits per heavy atom. The van der Waals surface area contributed by atoms with Crippen molar-refractivity contribution in [3.63, 3.8) is 0 Å². The second-order valence-corrected chi connectivity index (χ2v) is 8.88. The summed E-state index contributed by atoms with van der Waals surface area (Å²) >= 11 is 5.34. The molecular formula is C20H24BrN5O2S. The van der Waals surface area contributed by atoms with Crippen LogP contribution in [-0.2, 0) is 9.53 Å². The van der Waals surface area contributed by atoms with Crippen LogP contribution >= 0.6 is 27.7 Å².